The van der Waals surface area contributed by atoms with Gasteiger partial charge in [0.25, 0.3) is 5.56 Å². The zero-order valence-corrected chi connectivity index (χ0v) is 16.4. The highest BCUT2D eigenvalue weighted by molar-refractivity contribution is 7.20. The molecule has 0 aliphatic heterocycles. The smallest absolute Gasteiger partial charge is 0.346 e. The predicted octanol–water partition coefficient (Wildman–Crippen LogP) is 3.97. The topological polar surface area (TPSA) is 101 Å². The van der Waals surface area contributed by atoms with Gasteiger partial charge in [0.15, 0.2) is 0 Å². The number of carbonyl (C=O) groups is 2. The van der Waals surface area contributed by atoms with Gasteiger partial charge in [-0.15, -0.1) is 11.3 Å². The maximum atomic E-state index is 12.8. The van der Waals surface area contributed by atoms with E-state index in [2.05, 4.69) is 10.3 Å². The van der Waals surface area contributed by atoms with Gasteiger partial charge in [-0.1, -0.05) is 23.2 Å². The van der Waals surface area contributed by atoms with Gasteiger partial charge in [0, 0.05) is 15.7 Å². The Morgan fingerprint density at radius 3 is 2.48 bits per heavy atom. The van der Waals surface area contributed by atoms with Gasteiger partial charge in [-0.3, -0.25) is 14.2 Å². The van der Waals surface area contributed by atoms with Gasteiger partial charge in [0.05, 0.1) is 11.7 Å². The van der Waals surface area contributed by atoms with Crippen LogP contribution in [0, 0.1) is 6.92 Å². The number of aromatic nitrogens is 2. The summed E-state index contributed by atoms with van der Waals surface area (Å²) >= 11 is 12.8. The number of thiophene rings is 1. The number of nitrogens with zero attached hydrogens (tertiary/aromatic N) is 2. The van der Waals surface area contributed by atoms with Gasteiger partial charge >= 0.3 is 5.97 Å². The van der Waals surface area contributed by atoms with Crippen LogP contribution in [0.25, 0.3) is 10.2 Å². The van der Waals surface area contributed by atoms with Crippen molar-refractivity contribution in [2.24, 2.45) is 0 Å². The van der Waals surface area contributed by atoms with Crippen molar-refractivity contribution in [2.75, 3.05) is 5.32 Å². The van der Waals surface area contributed by atoms with E-state index in [1.165, 1.54) is 31.5 Å². The molecular formula is C17H13Cl2N3O4S. The second kappa shape index (κ2) is 7.30. The summed E-state index contributed by atoms with van der Waals surface area (Å²) in [5, 5.41) is 12.8. The molecule has 2 heterocycles. The summed E-state index contributed by atoms with van der Waals surface area (Å²) < 4.78 is 1.16. The molecule has 1 unspecified atom stereocenters. The lowest BCUT2D eigenvalue weighted by Crippen LogP contribution is -2.31. The average Bonchev–Trinajstić information content (AvgIpc) is 2.91. The van der Waals surface area contributed by atoms with E-state index in [4.69, 9.17) is 23.2 Å². The molecule has 0 saturated carbocycles. The van der Waals surface area contributed by atoms with Crippen LogP contribution in [0.1, 0.15) is 28.2 Å². The molecule has 27 heavy (non-hydrogen) atoms. The fourth-order valence-electron chi connectivity index (χ4n) is 2.62. The van der Waals surface area contributed by atoms with Crippen LogP contribution in [0.15, 0.2) is 29.3 Å². The molecule has 140 valence electrons. The Bertz CT molecular complexity index is 1120. The number of aromatic carboxylic acids is 1. The molecule has 2 N–H and O–H groups in total. The molecule has 2 aromatic heterocycles. The maximum absolute atomic E-state index is 12.8. The average molecular weight is 426 g/mol. The number of carboxylic acid groups (broad SMARTS) is 1. The summed E-state index contributed by atoms with van der Waals surface area (Å²) in [7, 11) is 0. The summed E-state index contributed by atoms with van der Waals surface area (Å²) in [5.41, 5.74) is 0.253. The van der Waals surface area contributed by atoms with Crippen molar-refractivity contribution in [3.05, 3.63) is 55.4 Å². The van der Waals surface area contributed by atoms with Crippen LogP contribution < -0.4 is 10.9 Å². The fraction of sp³-hybridized carbons (Fsp3) is 0.176. The number of fused-ring (bicyclic) bond motifs is 1. The first kappa shape index (κ1) is 19.3. The van der Waals surface area contributed by atoms with Gasteiger partial charge in [0.1, 0.15) is 15.7 Å². The van der Waals surface area contributed by atoms with Crippen molar-refractivity contribution < 1.29 is 14.7 Å². The molecule has 0 bridgehead atoms. The number of amides is 1. The van der Waals surface area contributed by atoms with E-state index < -0.39 is 23.5 Å². The van der Waals surface area contributed by atoms with E-state index in [1.54, 1.807) is 6.92 Å². The van der Waals surface area contributed by atoms with Gasteiger partial charge in [-0.2, -0.15) is 0 Å². The van der Waals surface area contributed by atoms with E-state index in [-0.39, 0.29) is 10.3 Å². The molecule has 1 atom stereocenters. The Morgan fingerprint density at radius 1 is 1.26 bits per heavy atom. The summed E-state index contributed by atoms with van der Waals surface area (Å²) in [4.78, 5) is 41.1. The molecule has 0 aliphatic rings. The number of carboxylic acids is 1. The zero-order valence-electron chi connectivity index (χ0n) is 14.1. The number of benzene rings is 1. The highest BCUT2D eigenvalue weighted by atomic mass is 35.5. The largest absolute Gasteiger partial charge is 0.477 e. The third-order valence-corrected chi connectivity index (χ3v) is 5.62. The molecule has 3 aromatic rings. The van der Waals surface area contributed by atoms with Gasteiger partial charge < -0.3 is 10.4 Å². The van der Waals surface area contributed by atoms with Gasteiger partial charge in [-0.05, 0) is 37.6 Å². The Morgan fingerprint density at radius 2 is 1.89 bits per heavy atom. The zero-order chi connectivity index (χ0) is 19.9. The molecule has 3 rings (SSSR count). The molecule has 0 saturated heterocycles. The molecular weight excluding hydrogens is 413 g/mol. The Hall–Kier alpha value is -2.42. The molecule has 10 heteroatoms. The Balaban J connectivity index is 1.97. The van der Waals surface area contributed by atoms with Crippen LogP contribution in [0.5, 0.6) is 0 Å². The van der Waals surface area contributed by atoms with Crippen LogP contribution in [-0.2, 0) is 4.79 Å². The van der Waals surface area contributed by atoms with E-state index in [1.807, 2.05) is 0 Å². The molecule has 1 amide bonds. The van der Waals surface area contributed by atoms with Crippen molar-refractivity contribution in [1.82, 2.24) is 9.55 Å². The standard InChI is InChI=1S/C17H13Cl2N3O4S/c1-7-12-15(27-13(7)17(25)26)20-6-22(16(12)24)8(2)14(23)21-11-4-9(18)3-10(19)5-11/h3-6,8H,1-2H3,(H,21,23)(H,25,26). The second-order valence-corrected chi connectivity index (χ2v) is 7.69. The molecule has 7 nitrogen and oxygen atoms in total. The van der Waals surface area contributed by atoms with E-state index in [0.29, 0.717) is 26.1 Å². The SMILES string of the molecule is Cc1c(C(=O)O)sc2ncn(C(C)C(=O)Nc3cc(Cl)cc(Cl)c3)c(=O)c12. The van der Waals surface area contributed by atoms with Gasteiger partial charge in [-0.25, -0.2) is 9.78 Å². The number of anilines is 1. The van der Waals surface area contributed by atoms with Crippen molar-refractivity contribution in [1.29, 1.82) is 0 Å². The van der Waals surface area contributed by atoms with Crippen LogP contribution >= 0.6 is 34.5 Å². The lowest BCUT2D eigenvalue weighted by molar-refractivity contribution is -0.118. The summed E-state index contributed by atoms with van der Waals surface area (Å²) in [6.45, 7) is 3.09. The van der Waals surface area contributed by atoms with Gasteiger partial charge in [0.2, 0.25) is 5.91 Å². The number of hydrogen-bond donors (Lipinski definition) is 2. The lowest BCUT2D eigenvalue weighted by atomic mass is 10.2. The van der Waals surface area contributed by atoms with Crippen molar-refractivity contribution in [3.63, 3.8) is 0 Å². The first-order chi connectivity index (χ1) is 12.7. The monoisotopic (exact) mass is 425 g/mol. The molecule has 1 aromatic carbocycles. The highest BCUT2D eigenvalue weighted by Gasteiger charge is 2.22. The third-order valence-electron chi connectivity index (χ3n) is 4.00. The van der Waals surface area contributed by atoms with Crippen LogP contribution in [0.4, 0.5) is 5.69 Å². The Labute approximate surface area is 167 Å². The summed E-state index contributed by atoms with van der Waals surface area (Å²) in [6, 6.07) is 3.71. The highest BCUT2D eigenvalue weighted by Crippen LogP contribution is 2.27. The first-order valence-electron chi connectivity index (χ1n) is 7.69. The number of nitrogens with one attached hydrogen (secondary N) is 1. The maximum Gasteiger partial charge on any atom is 0.346 e. The minimum atomic E-state index is -1.12. The second-order valence-electron chi connectivity index (χ2n) is 5.82. The van der Waals surface area contributed by atoms with Crippen LogP contribution in [0.3, 0.4) is 0 Å². The molecule has 0 spiro atoms. The molecule has 0 radical (unpaired) electrons. The number of halogens is 2. The predicted molar refractivity (Wildman–Crippen MR) is 105 cm³/mol. The van der Waals surface area contributed by atoms with E-state index in [0.717, 1.165) is 15.9 Å². The minimum absolute atomic E-state index is 0.0537. The number of aryl methyl sites for hydroxylation is 1. The van der Waals surface area contributed by atoms with Crippen molar-refractivity contribution >= 4 is 62.3 Å². The molecule has 0 aliphatic carbocycles. The van der Waals surface area contributed by atoms with E-state index in [9.17, 15) is 19.5 Å². The van der Waals surface area contributed by atoms with Crippen molar-refractivity contribution in [2.45, 2.75) is 19.9 Å². The minimum Gasteiger partial charge on any atom is -0.477 e. The number of rotatable bonds is 4. The third kappa shape index (κ3) is 3.69. The number of hydrogen-bond acceptors (Lipinski definition) is 5. The Kier molecular flexibility index (Phi) is 5.23. The first-order valence-corrected chi connectivity index (χ1v) is 9.26. The molecule has 0 fully saturated rings. The van der Waals surface area contributed by atoms with Crippen LogP contribution in [-0.4, -0.2) is 26.5 Å². The quantitative estimate of drug-likeness (QED) is 0.658. The van der Waals surface area contributed by atoms with Crippen molar-refractivity contribution in [3.8, 4) is 0 Å². The lowest BCUT2D eigenvalue weighted by Gasteiger charge is -2.15. The van der Waals surface area contributed by atoms with Crippen LogP contribution in [0.2, 0.25) is 10.0 Å². The number of carbonyl (C=O) groups excluding carboxylic acids is 1. The summed E-state index contributed by atoms with van der Waals surface area (Å²) in [5.74, 6) is -1.59. The van der Waals surface area contributed by atoms with E-state index >= 15 is 0 Å². The fourth-order valence-corrected chi connectivity index (χ4v) is 4.12. The summed E-state index contributed by atoms with van der Waals surface area (Å²) in [6.07, 6.45) is 1.24. The normalized spacial score (nSPS) is 12.1.